The van der Waals surface area contributed by atoms with Gasteiger partial charge >= 0.3 is 12.1 Å². The van der Waals surface area contributed by atoms with Gasteiger partial charge in [0.05, 0.1) is 28.3 Å². The number of rotatable bonds is 13. The van der Waals surface area contributed by atoms with E-state index in [0.29, 0.717) is 12.0 Å². The van der Waals surface area contributed by atoms with E-state index in [0.717, 1.165) is 33.5 Å². The molecule has 0 aliphatic carbocycles. The number of carbonyl (C=O) groups is 2. The summed E-state index contributed by atoms with van der Waals surface area (Å²) in [5.74, 6) is -2.19. The summed E-state index contributed by atoms with van der Waals surface area (Å²) in [6.45, 7) is 8.07. The summed E-state index contributed by atoms with van der Waals surface area (Å²) in [5.41, 5.74) is 0.493. The predicted octanol–water partition coefficient (Wildman–Crippen LogP) is 5.13. The van der Waals surface area contributed by atoms with E-state index in [4.69, 9.17) is 9.57 Å². The van der Waals surface area contributed by atoms with Gasteiger partial charge in [0.1, 0.15) is 0 Å². The van der Waals surface area contributed by atoms with E-state index >= 15 is 0 Å². The van der Waals surface area contributed by atoms with Crippen molar-refractivity contribution in [1.29, 1.82) is 0 Å². The minimum absolute atomic E-state index is 0.0683. The Morgan fingerprint density at radius 2 is 1.72 bits per heavy atom. The highest BCUT2D eigenvalue weighted by Gasteiger charge is 2.37. The van der Waals surface area contributed by atoms with E-state index in [1.165, 1.54) is 26.1 Å². The molecule has 3 aromatic rings. The molecule has 0 bridgehead atoms. The summed E-state index contributed by atoms with van der Waals surface area (Å²) < 4.78 is 74.9. The van der Waals surface area contributed by atoms with Crippen LogP contribution in [0, 0.1) is 18.0 Å². The summed E-state index contributed by atoms with van der Waals surface area (Å²) in [7, 11) is -3.31. The van der Waals surface area contributed by atoms with Crippen LogP contribution in [0.25, 0.3) is 16.9 Å². The lowest BCUT2D eigenvalue weighted by Gasteiger charge is -2.27. The van der Waals surface area contributed by atoms with Gasteiger partial charge in [0, 0.05) is 18.9 Å². The molecule has 0 fully saturated rings. The van der Waals surface area contributed by atoms with Crippen molar-refractivity contribution < 1.29 is 45.7 Å². The number of aromatic nitrogens is 2. The molecule has 0 aliphatic rings. The molecule has 1 aromatic heterocycles. The molecule has 3 rings (SSSR count). The third kappa shape index (κ3) is 8.74. The quantitative estimate of drug-likeness (QED) is 0.0857. The molecule has 13 nitrogen and oxygen atoms in total. The fourth-order valence-corrected chi connectivity index (χ4v) is 5.24. The van der Waals surface area contributed by atoms with Crippen LogP contribution in [0.1, 0.15) is 51.8 Å². The number of alkyl halides is 3. The fourth-order valence-electron chi connectivity index (χ4n) is 4.24. The number of esters is 1. The van der Waals surface area contributed by atoms with Crippen molar-refractivity contribution in [3.05, 3.63) is 71.1 Å². The summed E-state index contributed by atoms with van der Waals surface area (Å²) in [5, 5.41) is 20.4. The van der Waals surface area contributed by atoms with Gasteiger partial charge < -0.3 is 9.94 Å². The Kier molecular flexibility index (Phi) is 11.4. The Balaban J connectivity index is 1.86. The zero-order valence-electron chi connectivity index (χ0n) is 26.0. The van der Waals surface area contributed by atoms with Crippen LogP contribution < -0.4 is 4.72 Å². The lowest BCUT2D eigenvalue weighted by molar-refractivity contribution is -0.713. The average molecular weight is 669 g/mol. The maximum atomic E-state index is 13.6. The molecule has 1 amide bonds. The second-order valence-corrected chi connectivity index (χ2v) is 12.1. The van der Waals surface area contributed by atoms with Gasteiger partial charge in [-0.2, -0.15) is 18.3 Å². The lowest BCUT2D eigenvalue weighted by Crippen LogP contribution is -2.52. The van der Waals surface area contributed by atoms with Crippen molar-refractivity contribution in [3.8, 4) is 16.9 Å². The van der Waals surface area contributed by atoms with Crippen LogP contribution in [0.2, 0.25) is 0 Å². The van der Waals surface area contributed by atoms with Gasteiger partial charge in [0.15, 0.2) is 11.7 Å². The Bertz CT molecular complexity index is 1660. The molecule has 0 spiro atoms. The summed E-state index contributed by atoms with van der Waals surface area (Å²) in [6, 6.07) is 11.1. The lowest BCUT2D eigenvalue weighted by atomic mass is 9.98. The molecule has 250 valence electrons. The van der Waals surface area contributed by atoms with Crippen LogP contribution in [0.5, 0.6) is 0 Å². The SMILES string of the molecule is CCC(=O)OC(C)ON=[N+]([O-])N(C)[C@H](C(=O)NS(=O)(=O)c1ccc(-n2nc(C(F)(F)F)cc2-c2ccc(C)cc2)cc1)[C@H](C)CC. The number of hydrogen-bond acceptors (Lipinski definition) is 9. The van der Waals surface area contributed by atoms with Crippen molar-refractivity contribution >= 4 is 21.9 Å². The van der Waals surface area contributed by atoms with E-state index in [2.05, 4.69) is 10.4 Å². The number of amides is 1. The van der Waals surface area contributed by atoms with Crippen molar-refractivity contribution in [2.45, 2.75) is 70.9 Å². The van der Waals surface area contributed by atoms with Crippen LogP contribution in [0.3, 0.4) is 0 Å². The van der Waals surface area contributed by atoms with Crippen LogP contribution >= 0.6 is 0 Å². The Morgan fingerprint density at radius 1 is 1.11 bits per heavy atom. The molecule has 0 saturated heterocycles. The van der Waals surface area contributed by atoms with Crippen molar-refractivity contribution in [1.82, 2.24) is 19.5 Å². The summed E-state index contributed by atoms with van der Waals surface area (Å²) in [6.07, 6.45) is -5.50. The molecule has 46 heavy (non-hydrogen) atoms. The fraction of sp³-hybridized carbons (Fsp3) is 0.414. The first-order valence-corrected chi connectivity index (χ1v) is 15.6. The van der Waals surface area contributed by atoms with Gasteiger partial charge in [-0.05, 0) is 43.2 Å². The van der Waals surface area contributed by atoms with Gasteiger partial charge in [-0.25, -0.2) is 17.8 Å². The Hall–Kier alpha value is -4.67. The van der Waals surface area contributed by atoms with Gasteiger partial charge in [-0.3, -0.25) is 14.4 Å². The van der Waals surface area contributed by atoms with E-state index in [1.54, 1.807) is 45.0 Å². The highest BCUT2D eigenvalue weighted by atomic mass is 32.2. The number of nitrogens with zero attached hydrogens (tertiary/aromatic N) is 5. The Labute approximate surface area is 264 Å². The third-order valence-corrected chi connectivity index (χ3v) is 8.31. The topological polar surface area (TPSA) is 158 Å². The van der Waals surface area contributed by atoms with E-state index in [1.807, 2.05) is 11.6 Å². The molecule has 3 atom stereocenters. The van der Waals surface area contributed by atoms with Gasteiger partial charge in [0.2, 0.25) is 5.28 Å². The number of nitrogens with one attached hydrogen (secondary N) is 1. The second-order valence-electron chi connectivity index (χ2n) is 10.4. The monoisotopic (exact) mass is 668 g/mol. The highest BCUT2D eigenvalue weighted by Crippen LogP contribution is 2.33. The maximum absolute atomic E-state index is 13.6. The number of benzene rings is 2. The minimum Gasteiger partial charge on any atom is -0.569 e. The molecule has 1 unspecified atom stereocenters. The van der Waals surface area contributed by atoms with Crippen molar-refractivity contribution in [2.24, 2.45) is 11.2 Å². The summed E-state index contributed by atoms with van der Waals surface area (Å²) >= 11 is 0. The number of ether oxygens (including phenoxy) is 1. The van der Waals surface area contributed by atoms with Crippen LogP contribution in [0.15, 0.2) is 64.8 Å². The second kappa shape index (κ2) is 14.6. The molecule has 0 aliphatic heterocycles. The Morgan fingerprint density at radius 3 is 2.26 bits per heavy atom. The smallest absolute Gasteiger partial charge is 0.435 e. The molecule has 17 heteroatoms. The third-order valence-electron chi connectivity index (χ3n) is 6.95. The number of hydrazine groups is 1. The van der Waals surface area contributed by atoms with Crippen molar-refractivity contribution in [3.63, 3.8) is 0 Å². The predicted molar refractivity (Wildman–Crippen MR) is 158 cm³/mol. The number of aryl methyl sites for hydroxylation is 1. The van der Waals surface area contributed by atoms with Crippen molar-refractivity contribution in [2.75, 3.05) is 7.05 Å². The first-order chi connectivity index (χ1) is 21.5. The molecule has 0 radical (unpaired) electrons. The minimum atomic E-state index is -4.73. The first kappa shape index (κ1) is 35.8. The number of likely N-dealkylation sites (N-methyl/N-ethyl adjacent to an activating group) is 1. The number of carbonyl (C=O) groups excluding carboxylic acids is 2. The zero-order valence-corrected chi connectivity index (χ0v) is 26.8. The first-order valence-electron chi connectivity index (χ1n) is 14.2. The largest absolute Gasteiger partial charge is 0.569 e. The van der Waals surface area contributed by atoms with Gasteiger partial charge in [-0.1, -0.05) is 57.0 Å². The average Bonchev–Trinajstić information content (AvgIpc) is 3.46. The normalized spacial score (nSPS) is 14.2. The van der Waals surface area contributed by atoms with Gasteiger partial charge in [-0.15, -0.1) is 5.01 Å². The number of hydrogen-bond donors (Lipinski definition) is 1. The highest BCUT2D eigenvalue weighted by molar-refractivity contribution is 7.90. The molecule has 1 heterocycles. The molecular formula is C29H35F3N6O7S. The number of halogens is 3. The summed E-state index contributed by atoms with van der Waals surface area (Å²) in [4.78, 5) is 29.0. The maximum Gasteiger partial charge on any atom is 0.435 e. The zero-order chi connectivity index (χ0) is 34.4. The molecular weight excluding hydrogens is 633 g/mol. The van der Waals surface area contributed by atoms with E-state index in [9.17, 15) is 36.4 Å². The standard InChI is InChI=1S/C29H35F3N6O7S/c1-7-19(4)27(36(6)38(41)35-45-20(5)44-26(39)8-2)28(40)34-46(42,43)23-15-13-22(14-16-23)37-24(17-25(33-37)29(30,31)32)21-11-9-18(3)10-12-21/h9-17,19-20,27H,7-8H2,1-6H3,(H,34,40)/t19-,20?,27+/m1/s1. The molecule has 1 N–H and O–H groups in total. The van der Waals surface area contributed by atoms with Crippen LogP contribution in [0.4, 0.5) is 13.2 Å². The van der Waals surface area contributed by atoms with Crippen LogP contribution in [-0.4, -0.2) is 59.4 Å². The number of sulfonamides is 1. The molecule has 2 aromatic carbocycles. The van der Waals surface area contributed by atoms with Crippen LogP contribution in [-0.2, 0) is 35.4 Å². The van der Waals surface area contributed by atoms with Gasteiger partial charge in [0.25, 0.3) is 22.2 Å². The van der Waals surface area contributed by atoms with E-state index < -0.39 is 52.0 Å². The van der Waals surface area contributed by atoms with E-state index in [-0.39, 0.29) is 27.7 Å². The molecule has 0 saturated carbocycles.